The van der Waals surface area contributed by atoms with Crippen molar-refractivity contribution in [2.24, 2.45) is 0 Å². The maximum Gasteiger partial charge on any atom is 0.255 e. The molecule has 0 aliphatic heterocycles. The van der Waals surface area contributed by atoms with Gasteiger partial charge in [-0.25, -0.2) is 0 Å². The Kier molecular flexibility index (Phi) is 4.83. The van der Waals surface area contributed by atoms with Crippen LogP contribution in [-0.4, -0.2) is 30.3 Å². The Morgan fingerprint density at radius 1 is 1.20 bits per heavy atom. The smallest absolute Gasteiger partial charge is 0.255 e. The van der Waals surface area contributed by atoms with Crippen LogP contribution in [0.3, 0.4) is 0 Å². The highest BCUT2D eigenvalue weighted by Crippen LogP contribution is 2.19. The molecule has 3 heterocycles. The van der Waals surface area contributed by atoms with Crippen molar-refractivity contribution in [1.82, 2.24) is 29.7 Å². The molecule has 0 fully saturated rings. The molecule has 25 heavy (non-hydrogen) atoms. The van der Waals surface area contributed by atoms with Crippen molar-refractivity contribution in [1.29, 1.82) is 0 Å². The highest BCUT2D eigenvalue weighted by atomic mass is 16.1. The molecular formula is C18H24N6O. The Morgan fingerprint density at radius 2 is 1.96 bits per heavy atom. The first-order valence-corrected chi connectivity index (χ1v) is 8.67. The number of aryl methyl sites for hydroxylation is 1. The minimum absolute atomic E-state index is 0.140. The van der Waals surface area contributed by atoms with E-state index in [1.165, 1.54) is 0 Å². The van der Waals surface area contributed by atoms with E-state index in [1.807, 2.05) is 41.3 Å². The van der Waals surface area contributed by atoms with E-state index >= 15 is 0 Å². The molecule has 0 saturated carbocycles. The summed E-state index contributed by atoms with van der Waals surface area (Å²) in [5, 5.41) is 15.6. The standard InChI is InChI=1S/C18H24N6O/c1-5-14(6-2)24-13(4)15(9-20-24)18(25)19-10-17-22-21-16-8-7-12(3)11-23(16)17/h7-9,11,14H,5-6,10H2,1-4H3,(H,19,25). The molecule has 0 bridgehead atoms. The SMILES string of the molecule is CCC(CC)n1ncc(C(=O)NCc2nnc3ccc(C)cn23)c1C. The van der Waals surface area contributed by atoms with E-state index in [9.17, 15) is 4.79 Å². The summed E-state index contributed by atoms with van der Waals surface area (Å²) >= 11 is 0. The Bertz CT molecular complexity index is 890. The molecule has 1 amide bonds. The molecule has 3 aromatic rings. The predicted octanol–water partition coefficient (Wildman–Crippen LogP) is 2.83. The maximum absolute atomic E-state index is 12.6. The van der Waals surface area contributed by atoms with E-state index in [2.05, 4.69) is 34.5 Å². The molecule has 1 N–H and O–H groups in total. The van der Waals surface area contributed by atoms with Gasteiger partial charge in [-0.15, -0.1) is 10.2 Å². The second kappa shape index (κ2) is 7.04. The molecule has 3 aromatic heterocycles. The second-order valence-corrected chi connectivity index (χ2v) is 6.29. The molecule has 0 aliphatic carbocycles. The van der Waals surface area contributed by atoms with Gasteiger partial charge in [-0.2, -0.15) is 5.10 Å². The Hall–Kier alpha value is -2.70. The number of rotatable bonds is 6. The number of nitrogens with zero attached hydrogens (tertiary/aromatic N) is 5. The molecule has 132 valence electrons. The number of carbonyl (C=O) groups is 1. The molecule has 7 nitrogen and oxygen atoms in total. The number of hydrogen-bond donors (Lipinski definition) is 1. The van der Waals surface area contributed by atoms with Crippen LogP contribution in [-0.2, 0) is 6.54 Å². The Balaban J connectivity index is 1.75. The van der Waals surface area contributed by atoms with Gasteiger partial charge in [0.2, 0.25) is 0 Å². The second-order valence-electron chi connectivity index (χ2n) is 6.29. The average molecular weight is 340 g/mol. The summed E-state index contributed by atoms with van der Waals surface area (Å²) in [6.45, 7) is 8.54. The lowest BCUT2D eigenvalue weighted by Gasteiger charge is -2.15. The third-order valence-electron chi connectivity index (χ3n) is 4.61. The van der Waals surface area contributed by atoms with Crippen LogP contribution < -0.4 is 5.32 Å². The molecule has 0 aromatic carbocycles. The number of hydrogen-bond acceptors (Lipinski definition) is 4. The quantitative estimate of drug-likeness (QED) is 0.748. The first-order chi connectivity index (χ1) is 12.0. The van der Waals surface area contributed by atoms with Gasteiger partial charge in [0.15, 0.2) is 11.5 Å². The van der Waals surface area contributed by atoms with Crippen molar-refractivity contribution in [3.8, 4) is 0 Å². The van der Waals surface area contributed by atoms with E-state index in [0.717, 1.165) is 29.7 Å². The lowest BCUT2D eigenvalue weighted by Crippen LogP contribution is -2.24. The molecule has 0 radical (unpaired) electrons. The number of pyridine rings is 1. The first kappa shape index (κ1) is 17.1. The fourth-order valence-corrected chi connectivity index (χ4v) is 3.07. The van der Waals surface area contributed by atoms with Crippen molar-refractivity contribution in [3.63, 3.8) is 0 Å². The number of fused-ring (bicyclic) bond motifs is 1. The lowest BCUT2D eigenvalue weighted by atomic mass is 10.1. The Morgan fingerprint density at radius 3 is 2.68 bits per heavy atom. The van der Waals surface area contributed by atoms with E-state index in [4.69, 9.17) is 0 Å². The summed E-state index contributed by atoms with van der Waals surface area (Å²) in [7, 11) is 0. The third kappa shape index (κ3) is 3.26. The van der Waals surface area contributed by atoms with Crippen LogP contribution in [0, 0.1) is 13.8 Å². The van der Waals surface area contributed by atoms with Crippen molar-refractivity contribution < 1.29 is 4.79 Å². The largest absolute Gasteiger partial charge is 0.345 e. The summed E-state index contributed by atoms with van der Waals surface area (Å²) < 4.78 is 3.85. The van der Waals surface area contributed by atoms with E-state index in [0.29, 0.717) is 24.0 Å². The molecule has 7 heteroatoms. The predicted molar refractivity (Wildman–Crippen MR) is 95.5 cm³/mol. The molecule has 0 unspecified atom stereocenters. The van der Waals surface area contributed by atoms with Crippen molar-refractivity contribution in [2.75, 3.05) is 0 Å². The van der Waals surface area contributed by atoms with Gasteiger partial charge in [-0.1, -0.05) is 19.9 Å². The van der Waals surface area contributed by atoms with Crippen LogP contribution in [0.4, 0.5) is 0 Å². The van der Waals surface area contributed by atoms with Crippen molar-refractivity contribution in [3.05, 3.63) is 47.2 Å². The first-order valence-electron chi connectivity index (χ1n) is 8.67. The van der Waals surface area contributed by atoms with Gasteiger partial charge in [0.05, 0.1) is 24.3 Å². The van der Waals surface area contributed by atoms with E-state index in [1.54, 1.807) is 6.20 Å². The molecule has 0 spiro atoms. The molecular weight excluding hydrogens is 316 g/mol. The minimum Gasteiger partial charge on any atom is -0.345 e. The number of aromatic nitrogens is 5. The highest BCUT2D eigenvalue weighted by molar-refractivity contribution is 5.94. The summed E-state index contributed by atoms with van der Waals surface area (Å²) in [6, 6.07) is 4.23. The number of nitrogens with one attached hydrogen (secondary N) is 1. The fraction of sp³-hybridized carbons (Fsp3) is 0.444. The van der Waals surface area contributed by atoms with Gasteiger partial charge in [-0.3, -0.25) is 13.9 Å². The third-order valence-corrected chi connectivity index (χ3v) is 4.61. The number of carbonyl (C=O) groups excluding carboxylic acids is 1. The zero-order chi connectivity index (χ0) is 18.0. The highest BCUT2D eigenvalue weighted by Gasteiger charge is 2.18. The molecule has 3 rings (SSSR count). The zero-order valence-electron chi connectivity index (χ0n) is 15.2. The van der Waals surface area contributed by atoms with Gasteiger partial charge >= 0.3 is 0 Å². The van der Waals surface area contributed by atoms with Crippen molar-refractivity contribution >= 4 is 11.6 Å². The summed E-state index contributed by atoms with van der Waals surface area (Å²) in [5.74, 6) is 0.566. The van der Waals surface area contributed by atoms with E-state index in [-0.39, 0.29) is 5.91 Å². The summed E-state index contributed by atoms with van der Waals surface area (Å²) in [5.41, 5.74) is 3.39. The van der Waals surface area contributed by atoms with Crippen LogP contribution in [0.2, 0.25) is 0 Å². The number of amides is 1. The van der Waals surface area contributed by atoms with Crippen LogP contribution >= 0.6 is 0 Å². The lowest BCUT2D eigenvalue weighted by molar-refractivity contribution is 0.0949. The monoisotopic (exact) mass is 340 g/mol. The topological polar surface area (TPSA) is 77.1 Å². The van der Waals surface area contributed by atoms with Gasteiger partial charge < -0.3 is 5.32 Å². The van der Waals surface area contributed by atoms with E-state index < -0.39 is 0 Å². The summed E-state index contributed by atoms with van der Waals surface area (Å²) in [6.07, 6.45) is 5.60. The fourth-order valence-electron chi connectivity index (χ4n) is 3.07. The van der Waals surface area contributed by atoms with Crippen LogP contribution in [0.5, 0.6) is 0 Å². The molecule has 0 atom stereocenters. The van der Waals surface area contributed by atoms with Crippen LogP contribution in [0.1, 0.15) is 60.2 Å². The molecule has 0 aliphatic rings. The summed E-state index contributed by atoms with van der Waals surface area (Å²) in [4.78, 5) is 12.6. The molecule has 0 saturated heterocycles. The zero-order valence-corrected chi connectivity index (χ0v) is 15.2. The van der Waals surface area contributed by atoms with Crippen LogP contribution in [0.15, 0.2) is 24.5 Å². The van der Waals surface area contributed by atoms with Crippen molar-refractivity contribution in [2.45, 2.75) is 53.1 Å². The normalized spacial score (nSPS) is 11.4. The minimum atomic E-state index is -0.140. The average Bonchev–Trinajstić information content (AvgIpc) is 3.18. The van der Waals surface area contributed by atoms with Gasteiger partial charge in [0.1, 0.15) is 0 Å². The maximum atomic E-state index is 12.6. The van der Waals surface area contributed by atoms with Gasteiger partial charge in [-0.05, 0) is 38.3 Å². The van der Waals surface area contributed by atoms with Gasteiger partial charge in [0.25, 0.3) is 5.91 Å². The van der Waals surface area contributed by atoms with Gasteiger partial charge in [0, 0.05) is 11.9 Å². The Labute approximate surface area is 147 Å². The van der Waals surface area contributed by atoms with Crippen LogP contribution in [0.25, 0.3) is 5.65 Å².